The summed E-state index contributed by atoms with van der Waals surface area (Å²) in [5.74, 6) is 0. The Balaban J connectivity index is 2.14. The summed E-state index contributed by atoms with van der Waals surface area (Å²) < 4.78 is 2.00. The van der Waals surface area contributed by atoms with Crippen molar-refractivity contribution in [2.24, 2.45) is 5.73 Å². The summed E-state index contributed by atoms with van der Waals surface area (Å²) in [6.07, 6.45) is 4.65. The summed E-state index contributed by atoms with van der Waals surface area (Å²) in [6.45, 7) is 7.19. The van der Waals surface area contributed by atoms with Crippen LogP contribution in [0.1, 0.15) is 49.5 Å². The Morgan fingerprint density at radius 2 is 1.95 bits per heavy atom. The van der Waals surface area contributed by atoms with Crippen molar-refractivity contribution in [3.8, 4) is 0 Å². The molecule has 0 radical (unpaired) electrons. The number of nitrogens with two attached hydrogens (primary N) is 1. The summed E-state index contributed by atoms with van der Waals surface area (Å²) in [4.78, 5) is 4.49. The van der Waals surface area contributed by atoms with Crippen LogP contribution in [-0.4, -0.2) is 14.8 Å². The molecule has 2 rings (SSSR count). The van der Waals surface area contributed by atoms with E-state index in [4.69, 9.17) is 5.73 Å². The minimum absolute atomic E-state index is 0.0530. The first-order valence-electron chi connectivity index (χ1n) is 7.43. The maximum atomic E-state index is 6.34. The van der Waals surface area contributed by atoms with Crippen LogP contribution in [0.4, 0.5) is 0 Å². The van der Waals surface area contributed by atoms with Gasteiger partial charge in [-0.3, -0.25) is 9.67 Å². The fourth-order valence-electron chi connectivity index (χ4n) is 2.33. The molecule has 0 fully saturated rings. The molecule has 2 aromatic heterocycles. The van der Waals surface area contributed by atoms with Crippen molar-refractivity contribution in [2.45, 2.75) is 52.6 Å². The van der Waals surface area contributed by atoms with Gasteiger partial charge in [-0.2, -0.15) is 5.10 Å². The van der Waals surface area contributed by atoms with E-state index >= 15 is 0 Å². The average molecular weight is 272 g/mol. The molecule has 2 aromatic rings. The van der Waals surface area contributed by atoms with Crippen LogP contribution in [0.15, 0.2) is 24.4 Å². The van der Waals surface area contributed by atoms with Crippen molar-refractivity contribution >= 4 is 0 Å². The highest BCUT2D eigenvalue weighted by Gasteiger charge is 2.14. The lowest BCUT2D eigenvalue weighted by Gasteiger charge is -2.13. The molecule has 0 bridgehead atoms. The van der Waals surface area contributed by atoms with Crippen molar-refractivity contribution in [3.63, 3.8) is 0 Å². The molecule has 0 aliphatic carbocycles. The number of rotatable bonds is 6. The molecular weight excluding hydrogens is 248 g/mol. The molecule has 1 unspecified atom stereocenters. The fourth-order valence-corrected chi connectivity index (χ4v) is 2.33. The molecule has 108 valence electrons. The molecule has 4 nitrogen and oxygen atoms in total. The summed E-state index contributed by atoms with van der Waals surface area (Å²) in [5, 5.41) is 4.55. The average Bonchev–Trinajstić information content (AvgIpc) is 2.91. The molecular formula is C16H24N4. The first-order chi connectivity index (χ1) is 9.67. The normalized spacial score (nSPS) is 12.6. The molecule has 0 aliphatic rings. The Hall–Kier alpha value is -1.68. The Labute approximate surface area is 121 Å². The van der Waals surface area contributed by atoms with Gasteiger partial charge in [-0.1, -0.05) is 19.9 Å². The molecule has 0 saturated carbocycles. The first kappa shape index (κ1) is 14.7. The molecule has 2 N–H and O–H groups in total. The summed E-state index contributed by atoms with van der Waals surface area (Å²) in [7, 11) is 0. The minimum Gasteiger partial charge on any atom is -0.322 e. The highest BCUT2D eigenvalue weighted by atomic mass is 15.3. The maximum Gasteiger partial charge on any atom is 0.0625 e. The van der Waals surface area contributed by atoms with Gasteiger partial charge in [0.15, 0.2) is 0 Å². The van der Waals surface area contributed by atoms with E-state index in [1.807, 2.05) is 10.9 Å². The zero-order chi connectivity index (χ0) is 14.5. The van der Waals surface area contributed by atoms with E-state index in [1.165, 1.54) is 5.56 Å². The summed E-state index contributed by atoms with van der Waals surface area (Å²) >= 11 is 0. The van der Waals surface area contributed by atoms with Gasteiger partial charge in [0.25, 0.3) is 0 Å². The smallest absolute Gasteiger partial charge is 0.0625 e. The van der Waals surface area contributed by atoms with Crippen molar-refractivity contribution < 1.29 is 0 Å². The monoisotopic (exact) mass is 272 g/mol. The zero-order valence-corrected chi connectivity index (χ0v) is 12.6. The van der Waals surface area contributed by atoms with Gasteiger partial charge >= 0.3 is 0 Å². The predicted molar refractivity (Wildman–Crippen MR) is 81.5 cm³/mol. The van der Waals surface area contributed by atoms with E-state index in [9.17, 15) is 0 Å². The molecule has 1 atom stereocenters. The number of nitrogens with zero attached hydrogens (tertiary/aromatic N) is 3. The van der Waals surface area contributed by atoms with Crippen LogP contribution >= 0.6 is 0 Å². The van der Waals surface area contributed by atoms with E-state index < -0.39 is 0 Å². The number of pyridine rings is 1. The highest BCUT2D eigenvalue weighted by Crippen LogP contribution is 2.17. The lowest BCUT2D eigenvalue weighted by molar-refractivity contribution is 0.562. The van der Waals surface area contributed by atoms with Gasteiger partial charge < -0.3 is 5.73 Å². The number of hydrogen-bond donors (Lipinski definition) is 1. The molecule has 0 aliphatic heterocycles. The Kier molecular flexibility index (Phi) is 4.90. The van der Waals surface area contributed by atoms with Crippen molar-refractivity contribution in [3.05, 3.63) is 47.0 Å². The largest absolute Gasteiger partial charge is 0.322 e. The van der Waals surface area contributed by atoms with Gasteiger partial charge in [-0.15, -0.1) is 0 Å². The van der Waals surface area contributed by atoms with E-state index in [2.05, 4.69) is 49.1 Å². The molecule has 20 heavy (non-hydrogen) atoms. The Bertz CT molecular complexity index is 542. The van der Waals surface area contributed by atoms with E-state index in [0.717, 1.165) is 42.9 Å². The molecule has 0 spiro atoms. The molecule has 4 heteroatoms. The van der Waals surface area contributed by atoms with Crippen LogP contribution < -0.4 is 5.73 Å². The third-order valence-electron chi connectivity index (χ3n) is 3.63. The highest BCUT2D eigenvalue weighted by molar-refractivity contribution is 5.19. The number of aryl methyl sites for hydroxylation is 3. The lowest BCUT2D eigenvalue weighted by Crippen LogP contribution is -2.18. The van der Waals surface area contributed by atoms with Gasteiger partial charge in [-0.25, -0.2) is 0 Å². The third-order valence-corrected chi connectivity index (χ3v) is 3.63. The Morgan fingerprint density at radius 3 is 2.50 bits per heavy atom. The van der Waals surface area contributed by atoms with Crippen LogP contribution in [0, 0.1) is 0 Å². The molecule has 2 heterocycles. The number of hydrogen-bond acceptors (Lipinski definition) is 3. The van der Waals surface area contributed by atoms with Crippen LogP contribution in [0.25, 0.3) is 0 Å². The number of aromatic nitrogens is 3. The van der Waals surface area contributed by atoms with Crippen molar-refractivity contribution in [1.82, 2.24) is 14.8 Å². The van der Waals surface area contributed by atoms with Crippen LogP contribution in [0.2, 0.25) is 0 Å². The van der Waals surface area contributed by atoms with Crippen molar-refractivity contribution in [2.75, 3.05) is 0 Å². The zero-order valence-electron chi connectivity index (χ0n) is 12.6. The Morgan fingerprint density at radius 1 is 1.15 bits per heavy atom. The fraction of sp³-hybridized carbons (Fsp3) is 0.500. The quantitative estimate of drug-likeness (QED) is 0.879. The third kappa shape index (κ3) is 3.25. The van der Waals surface area contributed by atoms with E-state index in [0.29, 0.717) is 0 Å². The van der Waals surface area contributed by atoms with Gasteiger partial charge in [0.05, 0.1) is 17.4 Å². The molecule has 0 amide bonds. The summed E-state index contributed by atoms with van der Waals surface area (Å²) in [6, 6.07) is 6.27. The first-order valence-corrected chi connectivity index (χ1v) is 7.43. The molecule has 0 aromatic carbocycles. The van der Waals surface area contributed by atoms with Gasteiger partial charge in [0.1, 0.15) is 0 Å². The second kappa shape index (κ2) is 6.66. The van der Waals surface area contributed by atoms with Crippen LogP contribution in [-0.2, 0) is 25.8 Å². The topological polar surface area (TPSA) is 56.7 Å². The molecule has 0 saturated heterocycles. The summed E-state index contributed by atoms with van der Waals surface area (Å²) in [5.41, 5.74) is 10.8. The van der Waals surface area contributed by atoms with Gasteiger partial charge in [-0.05, 0) is 37.5 Å². The minimum atomic E-state index is -0.0530. The van der Waals surface area contributed by atoms with Crippen LogP contribution in [0.5, 0.6) is 0 Å². The predicted octanol–water partition coefficient (Wildman–Crippen LogP) is 2.67. The second-order valence-corrected chi connectivity index (χ2v) is 5.05. The lowest BCUT2D eigenvalue weighted by atomic mass is 10.1. The van der Waals surface area contributed by atoms with Crippen molar-refractivity contribution in [1.29, 1.82) is 0 Å². The van der Waals surface area contributed by atoms with Crippen LogP contribution in [0.3, 0.4) is 0 Å². The standard InChI is InChI=1S/C16H24N4/c1-4-12-7-8-14(18-11-12)9-15(17)16-10-13(5-2)19-20(16)6-3/h7-8,10-11,15H,4-6,9,17H2,1-3H3. The van der Waals surface area contributed by atoms with E-state index in [-0.39, 0.29) is 6.04 Å². The van der Waals surface area contributed by atoms with E-state index in [1.54, 1.807) is 0 Å². The van der Waals surface area contributed by atoms with Gasteiger partial charge in [0.2, 0.25) is 0 Å². The second-order valence-electron chi connectivity index (χ2n) is 5.05. The van der Waals surface area contributed by atoms with Gasteiger partial charge in [0, 0.05) is 24.9 Å². The SMILES string of the molecule is CCc1ccc(CC(N)c2cc(CC)nn2CC)nc1. The maximum absolute atomic E-state index is 6.34.